The van der Waals surface area contributed by atoms with Gasteiger partial charge in [0.15, 0.2) is 0 Å². The highest BCUT2D eigenvalue weighted by Gasteiger charge is 2.01. The Morgan fingerprint density at radius 1 is 1.32 bits per heavy atom. The number of hydrogen-bond acceptors (Lipinski definition) is 3. The first-order valence-electron chi connectivity index (χ1n) is 6.48. The molecule has 0 heterocycles. The number of ether oxygens (including phenoxy) is 1. The van der Waals surface area contributed by atoms with E-state index in [0.717, 1.165) is 29.5 Å². The maximum atomic E-state index is 11.5. The fraction of sp³-hybridized carbons (Fsp3) is 0.500. The monoisotopic (exact) mass is 329 g/mol. The maximum Gasteiger partial charge on any atom is 0.223 e. The molecule has 4 nitrogen and oxygen atoms in total. The third-order valence-electron chi connectivity index (χ3n) is 2.55. The Kier molecular flexibility index (Phi) is 8.25. The van der Waals surface area contributed by atoms with Crippen LogP contribution in [0.4, 0.5) is 0 Å². The van der Waals surface area contributed by atoms with Crippen molar-refractivity contribution in [1.82, 2.24) is 5.32 Å². The number of rotatable bonds is 9. The molecule has 0 aliphatic carbocycles. The lowest BCUT2D eigenvalue weighted by Gasteiger charge is -2.07. The molecule has 19 heavy (non-hydrogen) atoms. The molecule has 0 bridgehead atoms. The smallest absolute Gasteiger partial charge is 0.223 e. The van der Waals surface area contributed by atoms with Crippen LogP contribution in [0.2, 0.25) is 0 Å². The summed E-state index contributed by atoms with van der Waals surface area (Å²) in [6, 6.07) is 7.54. The lowest BCUT2D eigenvalue weighted by Crippen LogP contribution is -2.25. The van der Waals surface area contributed by atoms with Crippen LogP contribution in [-0.4, -0.2) is 30.8 Å². The number of aliphatic hydroxyl groups excluding tert-OH is 1. The van der Waals surface area contributed by atoms with Gasteiger partial charge in [-0.05, 0) is 37.5 Å². The minimum absolute atomic E-state index is 0.000930. The highest BCUT2D eigenvalue weighted by molar-refractivity contribution is 9.10. The van der Waals surface area contributed by atoms with Crippen LogP contribution in [0.25, 0.3) is 0 Å². The fourth-order valence-electron chi connectivity index (χ4n) is 1.55. The Hall–Kier alpha value is -1.07. The molecule has 0 unspecified atom stereocenters. The Labute approximate surface area is 122 Å². The molecule has 0 aromatic heterocycles. The van der Waals surface area contributed by atoms with Crippen molar-refractivity contribution in [2.45, 2.75) is 25.7 Å². The van der Waals surface area contributed by atoms with E-state index in [1.54, 1.807) is 0 Å². The number of hydrogen-bond donors (Lipinski definition) is 2. The van der Waals surface area contributed by atoms with Crippen LogP contribution in [0.1, 0.15) is 25.7 Å². The lowest BCUT2D eigenvalue weighted by atomic mass is 10.2. The summed E-state index contributed by atoms with van der Waals surface area (Å²) in [6.07, 6.45) is 2.98. The van der Waals surface area contributed by atoms with Gasteiger partial charge >= 0.3 is 0 Å². The van der Waals surface area contributed by atoms with E-state index in [1.807, 2.05) is 24.3 Å². The zero-order chi connectivity index (χ0) is 13.9. The molecule has 0 saturated carbocycles. The molecule has 0 radical (unpaired) electrons. The van der Waals surface area contributed by atoms with Gasteiger partial charge in [-0.1, -0.05) is 22.0 Å². The molecule has 106 valence electrons. The van der Waals surface area contributed by atoms with Crippen LogP contribution in [0.3, 0.4) is 0 Å². The van der Waals surface area contributed by atoms with Crippen LogP contribution in [-0.2, 0) is 4.79 Å². The summed E-state index contributed by atoms with van der Waals surface area (Å²) in [5, 5.41) is 11.4. The number of unbranched alkanes of at least 4 members (excludes halogenated alkanes) is 2. The second kappa shape index (κ2) is 9.81. The number of nitrogens with one attached hydrogen (secondary N) is 1. The summed E-state index contributed by atoms with van der Waals surface area (Å²) >= 11 is 3.36. The first-order chi connectivity index (χ1) is 9.22. The predicted octanol–water partition coefficient (Wildman–Crippen LogP) is 2.50. The minimum Gasteiger partial charge on any atom is -0.493 e. The Balaban J connectivity index is 2.07. The molecular weight excluding hydrogens is 310 g/mol. The van der Waals surface area contributed by atoms with Gasteiger partial charge in [0.1, 0.15) is 5.75 Å². The van der Waals surface area contributed by atoms with Crippen molar-refractivity contribution in [2.75, 3.05) is 19.8 Å². The second-order valence-corrected chi connectivity index (χ2v) is 5.11. The van der Waals surface area contributed by atoms with Crippen molar-refractivity contribution < 1.29 is 14.6 Å². The minimum atomic E-state index is -0.000930. The average molecular weight is 330 g/mol. The Morgan fingerprint density at radius 2 is 2.16 bits per heavy atom. The summed E-state index contributed by atoms with van der Waals surface area (Å²) in [5.74, 6) is 0.754. The van der Waals surface area contributed by atoms with Crippen LogP contribution in [0.15, 0.2) is 28.7 Å². The van der Waals surface area contributed by atoms with Gasteiger partial charge in [-0.3, -0.25) is 4.79 Å². The van der Waals surface area contributed by atoms with E-state index in [2.05, 4.69) is 21.2 Å². The third kappa shape index (κ3) is 7.85. The first kappa shape index (κ1) is 16.0. The molecular formula is C14H20BrNO3. The summed E-state index contributed by atoms with van der Waals surface area (Å²) in [7, 11) is 0. The molecule has 2 N–H and O–H groups in total. The van der Waals surface area contributed by atoms with Gasteiger partial charge < -0.3 is 15.2 Å². The van der Waals surface area contributed by atoms with Crippen LogP contribution in [0.5, 0.6) is 5.75 Å². The molecule has 0 aliphatic rings. The molecule has 1 rings (SSSR count). The van der Waals surface area contributed by atoms with Gasteiger partial charge in [-0.2, -0.15) is 0 Å². The molecule has 0 aliphatic heterocycles. The topological polar surface area (TPSA) is 58.6 Å². The van der Waals surface area contributed by atoms with Gasteiger partial charge in [0, 0.05) is 17.6 Å². The Bertz CT molecular complexity index is 385. The van der Waals surface area contributed by atoms with Crippen molar-refractivity contribution >= 4 is 21.8 Å². The molecule has 0 saturated heterocycles. The number of carbonyl (C=O) groups is 1. The molecule has 1 amide bonds. The number of benzene rings is 1. The van der Waals surface area contributed by atoms with E-state index < -0.39 is 0 Å². The SMILES string of the molecule is O=C(CCOc1cccc(Br)c1)NCCCCCO. The molecule has 0 atom stereocenters. The highest BCUT2D eigenvalue weighted by atomic mass is 79.9. The molecule has 1 aromatic carbocycles. The fourth-order valence-corrected chi connectivity index (χ4v) is 1.93. The standard InChI is InChI=1S/C14H20BrNO3/c15-12-5-4-6-13(11-12)19-10-7-14(18)16-8-2-1-3-9-17/h4-6,11,17H,1-3,7-10H2,(H,16,18). The summed E-state index contributed by atoms with van der Waals surface area (Å²) in [6.45, 7) is 1.25. The lowest BCUT2D eigenvalue weighted by molar-refractivity contribution is -0.121. The van der Waals surface area contributed by atoms with Crippen LogP contribution >= 0.6 is 15.9 Å². The number of halogens is 1. The Morgan fingerprint density at radius 3 is 2.89 bits per heavy atom. The van der Waals surface area contributed by atoms with Crippen LogP contribution < -0.4 is 10.1 Å². The zero-order valence-corrected chi connectivity index (χ0v) is 12.5. The van der Waals surface area contributed by atoms with Gasteiger partial charge in [0.05, 0.1) is 13.0 Å². The van der Waals surface area contributed by atoms with Crippen molar-refractivity contribution in [3.63, 3.8) is 0 Å². The molecule has 0 spiro atoms. The third-order valence-corrected chi connectivity index (χ3v) is 3.04. The normalized spacial score (nSPS) is 10.2. The first-order valence-corrected chi connectivity index (χ1v) is 7.27. The predicted molar refractivity (Wildman–Crippen MR) is 78.2 cm³/mol. The summed E-state index contributed by atoms with van der Waals surface area (Å²) < 4.78 is 6.44. The second-order valence-electron chi connectivity index (χ2n) is 4.19. The van der Waals surface area contributed by atoms with E-state index >= 15 is 0 Å². The highest BCUT2D eigenvalue weighted by Crippen LogP contribution is 2.17. The molecule has 1 aromatic rings. The van der Waals surface area contributed by atoms with Crippen LogP contribution in [0, 0.1) is 0 Å². The molecule has 0 fully saturated rings. The summed E-state index contributed by atoms with van der Waals surface area (Å²) in [5.41, 5.74) is 0. The maximum absolute atomic E-state index is 11.5. The average Bonchev–Trinajstić information content (AvgIpc) is 2.38. The van der Waals surface area contributed by atoms with E-state index in [9.17, 15) is 4.79 Å². The van der Waals surface area contributed by atoms with Gasteiger partial charge in [-0.15, -0.1) is 0 Å². The van der Waals surface area contributed by atoms with E-state index in [0.29, 0.717) is 19.6 Å². The number of amides is 1. The largest absolute Gasteiger partial charge is 0.493 e. The van der Waals surface area contributed by atoms with E-state index in [-0.39, 0.29) is 12.5 Å². The van der Waals surface area contributed by atoms with Crippen molar-refractivity contribution in [1.29, 1.82) is 0 Å². The number of aliphatic hydroxyl groups is 1. The number of carbonyl (C=O) groups excluding carboxylic acids is 1. The van der Waals surface area contributed by atoms with Gasteiger partial charge in [0.2, 0.25) is 5.91 Å². The van der Waals surface area contributed by atoms with E-state index in [4.69, 9.17) is 9.84 Å². The van der Waals surface area contributed by atoms with Gasteiger partial charge in [-0.25, -0.2) is 0 Å². The van der Waals surface area contributed by atoms with Crippen molar-refractivity contribution in [2.24, 2.45) is 0 Å². The van der Waals surface area contributed by atoms with E-state index in [1.165, 1.54) is 0 Å². The van der Waals surface area contributed by atoms with Gasteiger partial charge in [0.25, 0.3) is 0 Å². The van der Waals surface area contributed by atoms with Crippen molar-refractivity contribution in [3.05, 3.63) is 28.7 Å². The quantitative estimate of drug-likeness (QED) is 0.684. The summed E-state index contributed by atoms with van der Waals surface area (Å²) in [4.78, 5) is 11.5. The zero-order valence-electron chi connectivity index (χ0n) is 10.9. The molecule has 5 heteroatoms. The van der Waals surface area contributed by atoms with Crippen molar-refractivity contribution in [3.8, 4) is 5.75 Å².